The maximum absolute atomic E-state index is 12.6. The van der Waals surface area contributed by atoms with Crippen molar-refractivity contribution in [3.63, 3.8) is 0 Å². The van der Waals surface area contributed by atoms with Gasteiger partial charge >= 0.3 is 0 Å². The second-order valence-corrected chi connectivity index (χ2v) is 7.17. The van der Waals surface area contributed by atoms with Crippen LogP contribution in [0.4, 0.5) is 0 Å². The van der Waals surface area contributed by atoms with Crippen molar-refractivity contribution in [2.24, 2.45) is 0 Å². The van der Waals surface area contributed by atoms with Gasteiger partial charge in [0, 0.05) is 19.7 Å². The topological polar surface area (TPSA) is 66.8 Å². The molecular formula is C15H23NO4S. The Balaban J connectivity index is 2.11. The normalized spacial score (nSPS) is 20.6. The van der Waals surface area contributed by atoms with Crippen LogP contribution in [0, 0.1) is 0 Å². The summed E-state index contributed by atoms with van der Waals surface area (Å²) < 4.78 is 32.2. The van der Waals surface area contributed by atoms with Gasteiger partial charge in [0.05, 0.1) is 17.6 Å². The smallest absolute Gasteiger partial charge is 0.243 e. The van der Waals surface area contributed by atoms with Crippen LogP contribution in [0.15, 0.2) is 29.2 Å². The first-order valence-electron chi connectivity index (χ1n) is 7.39. The molecular weight excluding hydrogens is 290 g/mol. The fourth-order valence-electron chi connectivity index (χ4n) is 2.42. The van der Waals surface area contributed by atoms with Gasteiger partial charge in [0.15, 0.2) is 0 Å². The third kappa shape index (κ3) is 4.03. The summed E-state index contributed by atoms with van der Waals surface area (Å²) in [5.41, 5.74) is 1.04. The van der Waals surface area contributed by atoms with E-state index in [4.69, 9.17) is 9.84 Å². The lowest BCUT2D eigenvalue weighted by molar-refractivity contribution is -0.00277. The van der Waals surface area contributed by atoms with Crippen molar-refractivity contribution in [1.29, 1.82) is 0 Å². The zero-order valence-corrected chi connectivity index (χ0v) is 13.2. The highest BCUT2D eigenvalue weighted by atomic mass is 32.2. The van der Waals surface area contributed by atoms with E-state index in [0.717, 1.165) is 18.4 Å². The first-order chi connectivity index (χ1) is 10.1. The predicted octanol–water partition coefficient (Wildman–Crippen LogP) is 1.41. The van der Waals surface area contributed by atoms with Gasteiger partial charge in [-0.25, -0.2) is 8.42 Å². The molecule has 6 heteroatoms. The first-order valence-corrected chi connectivity index (χ1v) is 8.83. The molecule has 0 aromatic heterocycles. The molecule has 1 saturated heterocycles. The summed E-state index contributed by atoms with van der Waals surface area (Å²) in [4.78, 5) is 0.326. The number of ether oxygens (including phenoxy) is 1. The lowest BCUT2D eigenvalue weighted by Crippen LogP contribution is -2.45. The zero-order valence-electron chi connectivity index (χ0n) is 12.4. The number of aliphatic hydroxyl groups excluding tert-OH is 1. The molecule has 1 aliphatic heterocycles. The summed E-state index contributed by atoms with van der Waals surface area (Å²) in [6.45, 7) is 3.42. The number of nitrogens with zero attached hydrogens (tertiary/aromatic N) is 1. The molecule has 1 unspecified atom stereocenters. The summed E-state index contributed by atoms with van der Waals surface area (Å²) >= 11 is 0. The zero-order chi connectivity index (χ0) is 15.3. The second kappa shape index (κ2) is 7.35. The molecule has 0 saturated carbocycles. The molecule has 1 aromatic rings. The minimum Gasteiger partial charge on any atom is -0.396 e. The third-order valence-corrected chi connectivity index (χ3v) is 5.62. The number of morpholine rings is 1. The molecule has 0 aliphatic carbocycles. The lowest BCUT2D eigenvalue weighted by atomic mass is 10.1. The van der Waals surface area contributed by atoms with Crippen molar-refractivity contribution in [2.45, 2.75) is 37.2 Å². The van der Waals surface area contributed by atoms with Crippen LogP contribution < -0.4 is 0 Å². The van der Waals surface area contributed by atoms with Crippen LogP contribution in [0.1, 0.15) is 25.3 Å². The molecule has 1 heterocycles. The van der Waals surface area contributed by atoms with E-state index in [2.05, 4.69) is 0 Å². The van der Waals surface area contributed by atoms with Crippen molar-refractivity contribution >= 4 is 10.0 Å². The molecule has 1 aliphatic rings. The van der Waals surface area contributed by atoms with E-state index in [1.165, 1.54) is 4.31 Å². The van der Waals surface area contributed by atoms with E-state index in [1.807, 2.05) is 19.1 Å². The van der Waals surface area contributed by atoms with Crippen molar-refractivity contribution in [3.05, 3.63) is 29.8 Å². The molecule has 0 bridgehead atoms. The highest BCUT2D eigenvalue weighted by Gasteiger charge is 2.29. The van der Waals surface area contributed by atoms with E-state index in [-0.39, 0.29) is 12.7 Å². The van der Waals surface area contributed by atoms with E-state index in [0.29, 0.717) is 31.0 Å². The van der Waals surface area contributed by atoms with Crippen LogP contribution in [0.25, 0.3) is 0 Å². The summed E-state index contributed by atoms with van der Waals surface area (Å²) in [6, 6.07) is 6.94. The van der Waals surface area contributed by atoms with Crippen LogP contribution in [0.5, 0.6) is 0 Å². The van der Waals surface area contributed by atoms with Gasteiger partial charge in [-0.15, -0.1) is 0 Å². The Morgan fingerprint density at radius 2 is 2.05 bits per heavy atom. The lowest BCUT2D eigenvalue weighted by Gasteiger charge is -2.31. The maximum Gasteiger partial charge on any atom is 0.243 e. The Morgan fingerprint density at radius 3 is 2.67 bits per heavy atom. The van der Waals surface area contributed by atoms with Crippen molar-refractivity contribution in [1.82, 2.24) is 4.31 Å². The standard InChI is InChI=1S/C15H23NO4S/c1-2-14-12-16(9-11-20-14)21(18,19)15-7-5-13(6-8-15)4-3-10-17/h5-8,14,17H,2-4,9-12H2,1H3. The van der Waals surface area contributed by atoms with Crippen LogP contribution in [0.3, 0.4) is 0 Å². The molecule has 1 N–H and O–H groups in total. The fourth-order valence-corrected chi connectivity index (χ4v) is 3.87. The van der Waals surface area contributed by atoms with Gasteiger partial charge in [0.25, 0.3) is 0 Å². The SMILES string of the molecule is CCC1CN(S(=O)(=O)c2ccc(CCCO)cc2)CCO1. The Kier molecular flexibility index (Phi) is 5.75. The first kappa shape index (κ1) is 16.4. The number of rotatable bonds is 6. The van der Waals surface area contributed by atoms with Crippen LogP contribution >= 0.6 is 0 Å². The Bertz CT molecular complexity index is 541. The van der Waals surface area contributed by atoms with Crippen LogP contribution in [-0.2, 0) is 21.2 Å². The molecule has 0 amide bonds. The third-order valence-electron chi connectivity index (χ3n) is 3.74. The number of hydrogen-bond donors (Lipinski definition) is 1. The number of aliphatic hydroxyl groups is 1. The molecule has 0 spiro atoms. The molecule has 1 atom stereocenters. The number of benzene rings is 1. The van der Waals surface area contributed by atoms with Crippen molar-refractivity contribution in [3.8, 4) is 0 Å². The largest absolute Gasteiger partial charge is 0.396 e. The average Bonchev–Trinajstić information content (AvgIpc) is 2.53. The maximum atomic E-state index is 12.6. The van der Waals surface area contributed by atoms with E-state index in [9.17, 15) is 8.42 Å². The average molecular weight is 313 g/mol. The molecule has 5 nitrogen and oxygen atoms in total. The fraction of sp³-hybridized carbons (Fsp3) is 0.600. The summed E-state index contributed by atoms with van der Waals surface area (Å²) in [5.74, 6) is 0. The molecule has 0 radical (unpaired) electrons. The van der Waals surface area contributed by atoms with E-state index < -0.39 is 10.0 Å². The number of aryl methyl sites for hydroxylation is 1. The van der Waals surface area contributed by atoms with E-state index in [1.54, 1.807) is 12.1 Å². The molecule has 2 rings (SSSR count). The van der Waals surface area contributed by atoms with Gasteiger partial charge in [-0.1, -0.05) is 19.1 Å². The van der Waals surface area contributed by atoms with Crippen molar-refractivity contribution in [2.75, 3.05) is 26.3 Å². The molecule has 118 valence electrons. The summed E-state index contributed by atoms with van der Waals surface area (Å²) in [6.07, 6.45) is 2.24. The summed E-state index contributed by atoms with van der Waals surface area (Å²) in [7, 11) is -3.44. The molecule has 21 heavy (non-hydrogen) atoms. The minimum atomic E-state index is -3.44. The Labute approximate surface area is 126 Å². The Hall–Kier alpha value is -0.950. The van der Waals surface area contributed by atoms with Gasteiger partial charge in [0.1, 0.15) is 0 Å². The number of hydrogen-bond acceptors (Lipinski definition) is 4. The van der Waals surface area contributed by atoms with Crippen LogP contribution in [-0.4, -0.2) is 50.2 Å². The van der Waals surface area contributed by atoms with Gasteiger partial charge in [-0.3, -0.25) is 0 Å². The van der Waals surface area contributed by atoms with Gasteiger partial charge in [-0.05, 0) is 37.0 Å². The van der Waals surface area contributed by atoms with Gasteiger partial charge in [0.2, 0.25) is 10.0 Å². The van der Waals surface area contributed by atoms with E-state index >= 15 is 0 Å². The van der Waals surface area contributed by atoms with Crippen molar-refractivity contribution < 1.29 is 18.3 Å². The Morgan fingerprint density at radius 1 is 1.33 bits per heavy atom. The quantitative estimate of drug-likeness (QED) is 0.862. The predicted molar refractivity (Wildman–Crippen MR) is 80.6 cm³/mol. The second-order valence-electron chi connectivity index (χ2n) is 5.24. The minimum absolute atomic E-state index is 0.0163. The summed E-state index contributed by atoms with van der Waals surface area (Å²) in [5, 5.41) is 8.82. The highest BCUT2D eigenvalue weighted by Crippen LogP contribution is 2.20. The monoisotopic (exact) mass is 313 g/mol. The van der Waals surface area contributed by atoms with Gasteiger partial charge < -0.3 is 9.84 Å². The molecule has 1 aromatic carbocycles. The van der Waals surface area contributed by atoms with Crippen LogP contribution in [0.2, 0.25) is 0 Å². The highest BCUT2D eigenvalue weighted by molar-refractivity contribution is 7.89. The number of sulfonamides is 1. The molecule has 1 fully saturated rings. The van der Waals surface area contributed by atoms with Gasteiger partial charge in [-0.2, -0.15) is 4.31 Å².